The number of aliphatic hydroxyl groups is 1. The zero-order valence-electron chi connectivity index (χ0n) is 8.52. The van der Waals surface area contributed by atoms with E-state index < -0.39 is 26.4 Å². The average molecular weight is 224 g/mol. The average Bonchev–Trinajstić information content (AvgIpc) is 1.93. The molecule has 0 atom stereocenters. The summed E-state index contributed by atoms with van der Waals surface area (Å²) in [5.41, 5.74) is 0.824. The lowest BCUT2D eigenvalue weighted by atomic mass is 10.2. The van der Waals surface area contributed by atoms with Crippen LogP contribution in [-0.4, -0.2) is 26.0 Å². The minimum absolute atomic E-state index is 0.592. The van der Waals surface area contributed by atoms with E-state index >= 15 is 0 Å². The van der Waals surface area contributed by atoms with E-state index in [2.05, 4.69) is 0 Å². The van der Waals surface area contributed by atoms with Crippen molar-refractivity contribution < 1.29 is 18.3 Å². The Kier molecular flexibility index (Phi) is 4.60. The van der Waals surface area contributed by atoms with Crippen molar-refractivity contribution in [2.24, 2.45) is 0 Å². The Bertz CT molecular complexity index is 235. The highest BCUT2D eigenvalue weighted by molar-refractivity contribution is 6.81. The summed E-state index contributed by atoms with van der Waals surface area (Å²) in [5.74, 6) is 0. The van der Waals surface area contributed by atoms with Crippen molar-refractivity contribution in [2.45, 2.75) is 25.8 Å². The molecule has 0 amide bonds. The van der Waals surface area contributed by atoms with E-state index in [4.69, 9.17) is 5.11 Å². The topological polar surface area (TPSA) is 20.2 Å². The Morgan fingerprint density at radius 2 is 1.79 bits per heavy atom. The Morgan fingerprint density at radius 3 is 2.07 bits per heavy atom. The van der Waals surface area contributed by atoms with Crippen molar-refractivity contribution >= 4 is 8.07 Å². The van der Waals surface area contributed by atoms with Crippen LogP contribution in [-0.2, 0) is 0 Å². The molecule has 1 N–H and O–H groups in total. The highest BCUT2D eigenvalue weighted by Gasteiger charge is 2.31. The first-order valence-corrected chi connectivity index (χ1v) is 7.82. The highest BCUT2D eigenvalue weighted by atomic mass is 28.3. The molecule has 0 radical (unpaired) electrons. The Morgan fingerprint density at radius 1 is 1.29 bits per heavy atom. The van der Waals surface area contributed by atoms with Gasteiger partial charge in [-0.25, -0.2) is 0 Å². The summed E-state index contributed by atoms with van der Waals surface area (Å²) < 4.78 is 36.8. The predicted octanol–water partition coefficient (Wildman–Crippen LogP) is 2.90. The Labute approximate surface area is 83.0 Å². The van der Waals surface area contributed by atoms with Gasteiger partial charge >= 0.3 is 6.18 Å². The number of hydrogen-bond donors (Lipinski definition) is 1. The summed E-state index contributed by atoms with van der Waals surface area (Å²) in [5, 5.41) is 8.43. The highest BCUT2D eigenvalue weighted by Crippen LogP contribution is 2.26. The van der Waals surface area contributed by atoms with E-state index in [0.29, 0.717) is 0 Å². The molecule has 0 fully saturated rings. The molecule has 0 bridgehead atoms. The third-order valence-electron chi connectivity index (χ3n) is 1.40. The lowest BCUT2D eigenvalue weighted by Gasteiger charge is -2.11. The van der Waals surface area contributed by atoms with Gasteiger partial charge in [-0.1, -0.05) is 31.4 Å². The standard InChI is InChI=1S/C9H15F3OSi/c1-14(2,3)7-5-8(4-6-13)9(10,11)12/h4-5,7,13H,6H2,1-3H3/b7-5+,8-4+. The van der Waals surface area contributed by atoms with E-state index in [1.807, 2.05) is 19.6 Å². The second kappa shape index (κ2) is 4.79. The minimum Gasteiger partial charge on any atom is -0.392 e. The first-order valence-electron chi connectivity index (χ1n) is 4.24. The number of allylic oxidation sites excluding steroid dienone is 2. The molecule has 0 heterocycles. The molecule has 0 aliphatic carbocycles. The summed E-state index contributed by atoms with van der Waals surface area (Å²) in [4.78, 5) is 0. The number of hydrogen-bond acceptors (Lipinski definition) is 1. The fourth-order valence-corrected chi connectivity index (χ4v) is 1.40. The predicted molar refractivity (Wildman–Crippen MR) is 53.7 cm³/mol. The summed E-state index contributed by atoms with van der Waals surface area (Å²) >= 11 is 0. The minimum atomic E-state index is -4.38. The lowest BCUT2D eigenvalue weighted by Crippen LogP contribution is -2.17. The van der Waals surface area contributed by atoms with Gasteiger partial charge in [-0.3, -0.25) is 0 Å². The zero-order chi connectivity index (χ0) is 11.4. The molecule has 0 spiro atoms. The summed E-state index contributed by atoms with van der Waals surface area (Å²) in [7, 11) is -1.63. The number of aliphatic hydroxyl groups excluding tert-OH is 1. The number of rotatable bonds is 3. The molecule has 0 aromatic rings. The molecule has 0 aromatic heterocycles. The maximum atomic E-state index is 12.3. The second-order valence-corrected chi connectivity index (χ2v) is 9.10. The molecular formula is C9H15F3OSi. The third-order valence-corrected chi connectivity index (χ3v) is 2.57. The van der Waals surface area contributed by atoms with Gasteiger partial charge in [-0.05, 0) is 6.08 Å². The number of alkyl halides is 3. The summed E-state index contributed by atoms with van der Waals surface area (Å²) in [6.07, 6.45) is -2.54. The molecule has 5 heteroatoms. The largest absolute Gasteiger partial charge is 0.416 e. The molecule has 0 aromatic carbocycles. The van der Waals surface area contributed by atoms with Crippen LogP contribution < -0.4 is 0 Å². The van der Waals surface area contributed by atoms with Crippen LogP contribution in [0.1, 0.15) is 0 Å². The summed E-state index contributed by atoms with van der Waals surface area (Å²) in [6, 6.07) is 0. The van der Waals surface area contributed by atoms with Gasteiger partial charge < -0.3 is 5.11 Å². The SMILES string of the molecule is C[Si](C)(C)/C=C/C(=C\CO)C(F)(F)F. The Balaban J connectivity index is 4.74. The zero-order valence-corrected chi connectivity index (χ0v) is 9.52. The molecule has 0 saturated heterocycles. The van der Waals surface area contributed by atoms with Gasteiger partial charge in [-0.2, -0.15) is 13.2 Å². The van der Waals surface area contributed by atoms with E-state index in [-0.39, 0.29) is 0 Å². The van der Waals surface area contributed by atoms with Crippen molar-refractivity contribution in [1.82, 2.24) is 0 Å². The molecule has 0 aliphatic rings. The third kappa shape index (κ3) is 5.99. The van der Waals surface area contributed by atoms with Gasteiger partial charge in [0.25, 0.3) is 0 Å². The maximum Gasteiger partial charge on any atom is 0.416 e. The first-order chi connectivity index (χ1) is 6.17. The van der Waals surface area contributed by atoms with E-state index in [9.17, 15) is 13.2 Å². The van der Waals surface area contributed by atoms with Crippen LogP contribution in [0.2, 0.25) is 19.6 Å². The molecular weight excluding hydrogens is 209 g/mol. The van der Waals surface area contributed by atoms with Gasteiger partial charge in [0.1, 0.15) is 0 Å². The number of halogens is 3. The molecule has 1 nitrogen and oxygen atoms in total. The molecule has 14 heavy (non-hydrogen) atoms. The normalized spacial score (nSPS) is 15.2. The first kappa shape index (κ1) is 13.4. The van der Waals surface area contributed by atoms with Crippen LogP contribution >= 0.6 is 0 Å². The van der Waals surface area contributed by atoms with Gasteiger partial charge in [0.05, 0.1) is 20.3 Å². The van der Waals surface area contributed by atoms with Crippen molar-refractivity contribution in [3.05, 3.63) is 23.4 Å². The quantitative estimate of drug-likeness (QED) is 0.577. The van der Waals surface area contributed by atoms with Crippen LogP contribution in [0, 0.1) is 0 Å². The van der Waals surface area contributed by atoms with Gasteiger partial charge in [0, 0.05) is 0 Å². The fraction of sp³-hybridized carbons (Fsp3) is 0.556. The van der Waals surface area contributed by atoms with Gasteiger partial charge in [0.15, 0.2) is 0 Å². The van der Waals surface area contributed by atoms with Crippen LogP contribution in [0.4, 0.5) is 13.2 Å². The monoisotopic (exact) mass is 224 g/mol. The second-order valence-electron chi connectivity index (χ2n) is 4.04. The maximum absolute atomic E-state index is 12.3. The van der Waals surface area contributed by atoms with Crippen LogP contribution in [0.25, 0.3) is 0 Å². The van der Waals surface area contributed by atoms with Gasteiger partial charge in [-0.15, -0.1) is 0 Å². The van der Waals surface area contributed by atoms with Crippen LogP contribution in [0.3, 0.4) is 0 Å². The van der Waals surface area contributed by atoms with E-state index in [0.717, 1.165) is 12.2 Å². The molecule has 0 rings (SSSR count). The van der Waals surface area contributed by atoms with Crippen molar-refractivity contribution in [2.75, 3.05) is 6.61 Å². The molecule has 0 unspecified atom stereocenters. The molecule has 82 valence electrons. The van der Waals surface area contributed by atoms with Crippen LogP contribution in [0.15, 0.2) is 23.4 Å². The molecule has 0 aliphatic heterocycles. The van der Waals surface area contributed by atoms with Crippen molar-refractivity contribution in [1.29, 1.82) is 0 Å². The lowest BCUT2D eigenvalue weighted by molar-refractivity contribution is -0.0886. The van der Waals surface area contributed by atoms with Gasteiger partial charge in [0.2, 0.25) is 0 Å². The van der Waals surface area contributed by atoms with E-state index in [1.54, 1.807) is 5.70 Å². The van der Waals surface area contributed by atoms with E-state index in [1.165, 1.54) is 0 Å². The molecule has 0 saturated carbocycles. The fourth-order valence-electron chi connectivity index (χ4n) is 0.716. The Hall–Kier alpha value is -0.553. The van der Waals surface area contributed by atoms with Crippen LogP contribution in [0.5, 0.6) is 0 Å². The van der Waals surface area contributed by atoms with Crippen molar-refractivity contribution in [3.63, 3.8) is 0 Å². The summed E-state index contributed by atoms with van der Waals surface area (Å²) in [6.45, 7) is 5.23. The smallest absolute Gasteiger partial charge is 0.392 e. The van der Waals surface area contributed by atoms with Crippen molar-refractivity contribution in [3.8, 4) is 0 Å².